The second-order valence-electron chi connectivity index (χ2n) is 7.62. The number of ether oxygens (including phenoxy) is 5. The van der Waals surface area contributed by atoms with Crippen molar-refractivity contribution in [1.29, 1.82) is 0 Å². The molecule has 0 bridgehead atoms. The second kappa shape index (κ2) is 15.6. The second-order valence-corrected chi connectivity index (χ2v) is 9.47. The van der Waals surface area contributed by atoms with Crippen LogP contribution in [-0.4, -0.2) is 96.2 Å². The van der Waals surface area contributed by atoms with Gasteiger partial charge < -0.3 is 28.8 Å². The average molecular weight is 521 g/mol. The van der Waals surface area contributed by atoms with Gasteiger partial charge in [0, 0.05) is 19.3 Å². The van der Waals surface area contributed by atoms with Crippen LogP contribution in [0, 0.1) is 10.1 Å². The normalized spacial score (nSPS) is 14.6. The van der Waals surface area contributed by atoms with Gasteiger partial charge in [-0.05, 0) is 30.4 Å². The van der Waals surface area contributed by atoms with Crippen molar-refractivity contribution in [3.05, 3.63) is 33.9 Å². The molecule has 0 aliphatic carbocycles. The Balaban J connectivity index is 1.64. The van der Waals surface area contributed by atoms with Crippen LogP contribution in [-0.2, 0) is 38.5 Å². The van der Waals surface area contributed by atoms with E-state index in [-0.39, 0.29) is 69.3 Å². The first-order chi connectivity index (χ1) is 16.8. The van der Waals surface area contributed by atoms with Gasteiger partial charge >= 0.3 is 5.97 Å². The molecule has 0 amide bonds. The third kappa shape index (κ3) is 11.7. The number of hydrogen-bond donors (Lipinski definition) is 2. The molecule has 13 nitrogen and oxygen atoms in total. The Bertz CT molecular complexity index is 905. The molecular formula is C21H32N2O11S. The maximum Gasteiger partial charge on any atom is 0.329 e. The van der Waals surface area contributed by atoms with E-state index in [9.17, 15) is 23.3 Å². The van der Waals surface area contributed by atoms with Crippen LogP contribution in [0.15, 0.2) is 18.2 Å². The Hall–Kier alpha value is -2.36. The number of nitro benzene ring substituents is 1. The number of rotatable bonds is 18. The topological polar surface area (TPSA) is 173 Å². The van der Waals surface area contributed by atoms with Gasteiger partial charge in [-0.1, -0.05) is 6.07 Å². The van der Waals surface area contributed by atoms with Gasteiger partial charge in [-0.3, -0.25) is 14.8 Å². The highest BCUT2D eigenvalue weighted by molar-refractivity contribution is 7.92. The summed E-state index contributed by atoms with van der Waals surface area (Å²) in [6, 6.07) is 4.56. The summed E-state index contributed by atoms with van der Waals surface area (Å²) in [6.07, 6.45) is 1.53. The molecule has 14 heteroatoms. The first kappa shape index (κ1) is 28.9. The molecule has 0 saturated carbocycles. The maximum atomic E-state index is 12.4. The number of nitrogens with zero attached hydrogens (tertiary/aromatic N) is 1. The number of aliphatic carboxylic acids is 1. The van der Waals surface area contributed by atoms with E-state index in [0.717, 1.165) is 18.4 Å². The predicted molar refractivity (Wildman–Crippen MR) is 124 cm³/mol. The molecule has 1 aliphatic rings. The molecule has 0 atom stereocenters. The summed E-state index contributed by atoms with van der Waals surface area (Å²) in [5.41, 5.74) is 0.424. The van der Waals surface area contributed by atoms with Gasteiger partial charge in [-0.15, -0.1) is 0 Å². The number of carbonyl (C=O) groups is 1. The van der Waals surface area contributed by atoms with Crippen LogP contribution >= 0.6 is 0 Å². The first-order valence-corrected chi connectivity index (χ1v) is 12.8. The zero-order valence-corrected chi connectivity index (χ0v) is 20.2. The minimum atomic E-state index is -3.86. The van der Waals surface area contributed by atoms with E-state index < -0.39 is 20.9 Å². The zero-order chi connectivity index (χ0) is 25.5. The molecule has 1 aromatic carbocycles. The summed E-state index contributed by atoms with van der Waals surface area (Å²) < 4.78 is 52.8. The van der Waals surface area contributed by atoms with Crippen LogP contribution in [0.3, 0.4) is 0 Å². The number of nitro groups is 1. The molecule has 0 unspecified atom stereocenters. The summed E-state index contributed by atoms with van der Waals surface area (Å²) in [4.78, 5) is 21.2. The molecule has 35 heavy (non-hydrogen) atoms. The van der Waals surface area contributed by atoms with Gasteiger partial charge in [0.05, 0.1) is 56.9 Å². The highest BCUT2D eigenvalue weighted by atomic mass is 32.2. The summed E-state index contributed by atoms with van der Waals surface area (Å²) in [7, 11) is -3.86. The van der Waals surface area contributed by atoms with Gasteiger partial charge in [-0.2, -0.15) is 0 Å². The van der Waals surface area contributed by atoms with Crippen LogP contribution in [0.4, 0.5) is 11.4 Å². The number of carboxylic acids is 1. The van der Waals surface area contributed by atoms with Gasteiger partial charge in [-0.25, -0.2) is 13.2 Å². The quantitative estimate of drug-likeness (QED) is 0.163. The highest BCUT2D eigenvalue weighted by Crippen LogP contribution is 2.33. The first-order valence-electron chi connectivity index (χ1n) is 11.2. The van der Waals surface area contributed by atoms with Crippen LogP contribution < -0.4 is 4.72 Å². The lowest BCUT2D eigenvalue weighted by Gasteiger charge is -2.22. The Kier molecular flexibility index (Phi) is 12.9. The Morgan fingerprint density at radius 3 is 2.17 bits per heavy atom. The van der Waals surface area contributed by atoms with Crippen molar-refractivity contribution in [3.63, 3.8) is 0 Å². The van der Waals surface area contributed by atoms with E-state index in [1.807, 2.05) is 0 Å². The lowest BCUT2D eigenvalue weighted by Crippen LogP contribution is -2.22. The summed E-state index contributed by atoms with van der Waals surface area (Å²) >= 11 is 0. The number of anilines is 1. The Morgan fingerprint density at radius 2 is 1.60 bits per heavy atom. The molecule has 1 aliphatic heterocycles. The van der Waals surface area contributed by atoms with Crippen LogP contribution in [0.1, 0.15) is 24.3 Å². The number of benzene rings is 1. The lowest BCUT2D eigenvalue weighted by molar-refractivity contribution is -0.384. The van der Waals surface area contributed by atoms with Gasteiger partial charge in [0.25, 0.3) is 5.69 Å². The van der Waals surface area contributed by atoms with Crippen LogP contribution in [0.25, 0.3) is 0 Å². The molecular weight excluding hydrogens is 488 g/mol. The van der Waals surface area contributed by atoms with E-state index in [4.69, 9.17) is 28.8 Å². The largest absolute Gasteiger partial charge is 0.480 e. The molecule has 0 aromatic heterocycles. The highest BCUT2D eigenvalue weighted by Gasteiger charge is 2.23. The van der Waals surface area contributed by atoms with E-state index in [2.05, 4.69) is 4.72 Å². The molecule has 1 saturated heterocycles. The number of carboxylic acid groups (broad SMARTS) is 1. The van der Waals surface area contributed by atoms with Gasteiger partial charge in [0.2, 0.25) is 10.0 Å². The molecule has 2 N–H and O–H groups in total. The van der Waals surface area contributed by atoms with E-state index in [0.29, 0.717) is 19.8 Å². The fourth-order valence-corrected chi connectivity index (χ4v) is 4.22. The Labute approximate surface area is 203 Å². The van der Waals surface area contributed by atoms with Crippen molar-refractivity contribution in [2.45, 2.75) is 18.8 Å². The monoisotopic (exact) mass is 520 g/mol. The van der Waals surface area contributed by atoms with Crippen LogP contribution in [0.5, 0.6) is 0 Å². The maximum absolute atomic E-state index is 12.4. The van der Waals surface area contributed by atoms with Crippen molar-refractivity contribution >= 4 is 27.4 Å². The molecule has 2 rings (SSSR count). The SMILES string of the molecule is O=C(O)COCCOCCOCCOCCS(=O)(=O)Nc1ccc(C2CCOCC2)cc1[N+](=O)[O-]. The molecule has 0 radical (unpaired) electrons. The average Bonchev–Trinajstić information content (AvgIpc) is 2.82. The minimum absolute atomic E-state index is 0.0810. The number of hydrogen-bond acceptors (Lipinski definition) is 10. The third-order valence-electron chi connectivity index (χ3n) is 5.01. The minimum Gasteiger partial charge on any atom is -0.480 e. The number of nitrogens with one attached hydrogen (secondary N) is 1. The molecule has 1 fully saturated rings. The van der Waals surface area contributed by atoms with Crippen LogP contribution in [0.2, 0.25) is 0 Å². The molecule has 1 heterocycles. The van der Waals surface area contributed by atoms with Crippen molar-refractivity contribution in [2.75, 3.05) is 76.5 Å². The van der Waals surface area contributed by atoms with E-state index in [1.54, 1.807) is 6.07 Å². The predicted octanol–water partition coefficient (Wildman–Crippen LogP) is 1.38. The summed E-state index contributed by atoms with van der Waals surface area (Å²) in [5.74, 6) is -1.27. The molecule has 198 valence electrons. The van der Waals surface area contributed by atoms with E-state index >= 15 is 0 Å². The zero-order valence-electron chi connectivity index (χ0n) is 19.4. The van der Waals surface area contributed by atoms with Crippen molar-refractivity contribution < 1.29 is 46.9 Å². The third-order valence-corrected chi connectivity index (χ3v) is 6.25. The number of sulfonamides is 1. The van der Waals surface area contributed by atoms with Gasteiger partial charge in [0.1, 0.15) is 12.3 Å². The van der Waals surface area contributed by atoms with Crippen molar-refractivity contribution in [3.8, 4) is 0 Å². The van der Waals surface area contributed by atoms with Crippen molar-refractivity contribution in [1.82, 2.24) is 0 Å². The molecule has 0 spiro atoms. The molecule has 1 aromatic rings. The summed E-state index contributed by atoms with van der Waals surface area (Å²) in [6.45, 7) is 2.09. The standard InChI is InChI=1S/C21H32N2O11S/c24-21(25)16-34-12-11-32-8-7-31-9-10-33-13-14-35(28,29)22-19-2-1-18(15-20(19)23(26)27)17-3-5-30-6-4-17/h1-2,15,17,22H,3-14,16H2,(H,24,25). The smallest absolute Gasteiger partial charge is 0.329 e. The van der Waals surface area contributed by atoms with E-state index in [1.165, 1.54) is 12.1 Å². The van der Waals surface area contributed by atoms with Crippen molar-refractivity contribution in [2.24, 2.45) is 0 Å². The fraction of sp³-hybridized carbons (Fsp3) is 0.667. The lowest BCUT2D eigenvalue weighted by atomic mass is 9.91. The van der Waals surface area contributed by atoms with Gasteiger partial charge in [0.15, 0.2) is 0 Å². The summed E-state index contributed by atoms with van der Waals surface area (Å²) in [5, 5.41) is 19.9. The Morgan fingerprint density at radius 1 is 1.03 bits per heavy atom. The fourth-order valence-electron chi connectivity index (χ4n) is 3.28.